The molecule has 0 saturated carbocycles. The normalized spacial score (nSPS) is 9.95. The summed E-state index contributed by atoms with van der Waals surface area (Å²) < 4.78 is 11.1. The van der Waals surface area contributed by atoms with Crippen molar-refractivity contribution in [1.82, 2.24) is 4.98 Å². The Kier molecular flexibility index (Phi) is 4.57. The summed E-state index contributed by atoms with van der Waals surface area (Å²) in [7, 11) is 3.05. The number of amides is 1. The maximum Gasteiger partial charge on any atom is 0.260 e. The van der Waals surface area contributed by atoms with Gasteiger partial charge in [0.25, 0.3) is 5.91 Å². The number of rotatable bonds is 4. The highest BCUT2D eigenvalue weighted by molar-refractivity contribution is 9.10. The fourth-order valence-electron chi connectivity index (χ4n) is 1.62. The van der Waals surface area contributed by atoms with Crippen LogP contribution in [0, 0.1) is 0 Å². The summed E-state index contributed by atoms with van der Waals surface area (Å²) in [4.78, 5) is 16.3. The SMILES string of the molecule is COc1ccc(OC)c(C(=O)Nc2ccc(Br)cn2)c1. The second kappa shape index (κ2) is 6.38. The summed E-state index contributed by atoms with van der Waals surface area (Å²) in [6.07, 6.45) is 1.61. The van der Waals surface area contributed by atoms with Crippen LogP contribution in [0.3, 0.4) is 0 Å². The lowest BCUT2D eigenvalue weighted by atomic mass is 10.1. The lowest BCUT2D eigenvalue weighted by Crippen LogP contribution is -2.14. The topological polar surface area (TPSA) is 60.5 Å². The van der Waals surface area contributed by atoms with E-state index in [0.29, 0.717) is 22.9 Å². The standard InChI is InChI=1S/C14H13BrN2O3/c1-19-10-4-5-12(20-2)11(7-10)14(18)17-13-6-3-9(15)8-16-13/h3-8H,1-2H3,(H,16,17,18). The molecule has 0 atom stereocenters. The average molecular weight is 337 g/mol. The summed E-state index contributed by atoms with van der Waals surface area (Å²) in [5, 5.41) is 2.71. The van der Waals surface area contributed by atoms with Crippen molar-refractivity contribution in [2.24, 2.45) is 0 Å². The molecule has 1 heterocycles. The number of carbonyl (C=O) groups excluding carboxylic acids is 1. The summed E-state index contributed by atoms with van der Waals surface area (Å²) in [6.45, 7) is 0. The van der Waals surface area contributed by atoms with Crippen LogP contribution in [-0.2, 0) is 0 Å². The molecule has 0 spiro atoms. The number of aromatic nitrogens is 1. The van der Waals surface area contributed by atoms with Crippen LogP contribution in [0.1, 0.15) is 10.4 Å². The molecular formula is C14H13BrN2O3. The predicted octanol–water partition coefficient (Wildman–Crippen LogP) is 3.11. The maximum absolute atomic E-state index is 12.2. The lowest BCUT2D eigenvalue weighted by molar-refractivity contribution is 0.102. The minimum Gasteiger partial charge on any atom is -0.497 e. The van der Waals surface area contributed by atoms with Crippen LogP contribution in [-0.4, -0.2) is 25.1 Å². The smallest absolute Gasteiger partial charge is 0.260 e. The number of benzene rings is 1. The van der Waals surface area contributed by atoms with Crippen LogP contribution in [0.2, 0.25) is 0 Å². The fraction of sp³-hybridized carbons (Fsp3) is 0.143. The molecule has 20 heavy (non-hydrogen) atoms. The molecule has 0 aliphatic carbocycles. The number of halogens is 1. The summed E-state index contributed by atoms with van der Waals surface area (Å²) in [5.41, 5.74) is 0.386. The molecular weight excluding hydrogens is 324 g/mol. The molecule has 1 aromatic heterocycles. The highest BCUT2D eigenvalue weighted by Gasteiger charge is 2.14. The molecule has 1 N–H and O–H groups in total. The molecule has 0 bridgehead atoms. The Morgan fingerprint density at radius 1 is 1.20 bits per heavy atom. The van der Waals surface area contributed by atoms with Crippen molar-refractivity contribution in [3.05, 3.63) is 46.6 Å². The van der Waals surface area contributed by atoms with Crippen molar-refractivity contribution in [3.8, 4) is 11.5 Å². The molecule has 0 fully saturated rings. The van der Waals surface area contributed by atoms with Crippen molar-refractivity contribution < 1.29 is 14.3 Å². The second-order valence-electron chi connectivity index (χ2n) is 3.88. The summed E-state index contributed by atoms with van der Waals surface area (Å²) >= 11 is 3.29. The van der Waals surface area contributed by atoms with Crippen molar-refractivity contribution in [3.63, 3.8) is 0 Å². The van der Waals surface area contributed by atoms with Gasteiger partial charge in [-0.15, -0.1) is 0 Å². The van der Waals surface area contributed by atoms with Gasteiger partial charge in [-0.3, -0.25) is 4.79 Å². The van der Waals surface area contributed by atoms with Gasteiger partial charge in [-0.2, -0.15) is 0 Å². The second-order valence-corrected chi connectivity index (χ2v) is 4.80. The first-order valence-electron chi connectivity index (χ1n) is 5.79. The molecule has 0 aliphatic heterocycles. The number of anilines is 1. The first-order valence-corrected chi connectivity index (χ1v) is 6.58. The maximum atomic E-state index is 12.2. The third-order valence-corrected chi connectivity index (χ3v) is 3.09. The molecule has 1 aromatic carbocycles. The molecule has 0 saturated heterocycles. The van der Waals surface area contributed by atoms with E-state index in [-0.39, 0.29) is 5.91 Å². The van der Waals surface area contributed by atoms with Crippen LogP contribution in [0.4, 0.5) is 5.82 Å². The van der Waals surface area contributed by atoms with Crippen LogP contribution in [0.5, 0.6) is 11.5 Å². The van der Waals surface area contributed by atoms with E-state index in [1.807, 2.05) is 0 Å². The minimum atomic E-state index is -0.310. The number of methoxy groups -OCH3 is 2. The molecule has 104 valence electrons. The van der Waals surface area contributed by atoms with Crippen LogP contribution in [0.15, 0.2) is 41.0 Å². The Morgan fingerprint density at radius 2 is 2.00 bits per heavy atom. The van der Waals surface area contributed by atoms with E-state index in [4.69, 9.17) is 9.47 Å². The summed E-state index contributed by atoms with van der Waals surface area (Å²) in [6, 6.07) is 8.53. The van der Waals surface area contributed by atoms with Gasteiger partial charge < -0.3 is 14.8 Å². The number of nitrogens with one attached hydrogen (secondary N) is 1. The van der Waals surface area contributed by atoms with Gasteiger partial charge in [-0.05, 0) is 46.3 Å². The largest absolute Gasteiger partial charge is 0.497 e. The number of pyridine rings is 1. The van der Waals surface area contributed by atoms with E-state index in [0.717, 1.165) is 4.47 Å². The van der Waals surface area contributed by atoms with Gasteiger partial charge in [-0.1, -0.05) is 0 Å². The van der Waals surface area contributed by atoms with Crippen molar-refractivity contribution in [2.75, 3.05) is 19.5 Å². The van der Waals surface area contributed by atoms with E-state index in [2.05, 4.69) is 26.2 Å². The first kappa shape index (κ1) is 14.3. The Bertz CT molecular complexity index is 614. The number of carbonyl (C=O) groups is 1. The zero-order valence-electron chi connectivity index (χ0n) is 11.0. The van der Waals surface area contributed by atoms with Gasteiger partial charge in [0.1, 0.15) is 17.3 Å². The van der Waals surface area contributed by atoms with Crippen molar-refractivity contribution >= 4 is 27.7 Å². The lowest BCUT2D eigenvalue weighted by Gasteiger charge is -2.10. The number of hydrogen-bond donors (Lipinski definition) is 1. The van der Waals surface area contributed by atoms with E-state index in [1.54, 1.807) is 43.6 Å². The van der Waals surface area contributed by atoms with Crippen molar-refractivity contribution in [2.45, 2.75) is 0 Å². The zero-order chi connectivity index (χ0) is 14.5. The molecule has 6 heteroatoms. The van der Waals surface area contributed by atoms with Gasteiger partial charge in [-0.25, -0.2) is 4.98 Å². The van der Waals surface area contributed by atoms with E-state index >= 15 is 0 Å². The van der Waals surface area contributed by atoms with Gasteiger partial charge in [0.15, 0.2) is 0 Å². The number of ether oxygens (including phenoxy) is 2. The van der Waals surface area contributed by atoms with E-state index in [9.17, 15) is 4.79 Å². The molecule has 0 unspecified atom stereocenters. The Labute approximate surface area is 125 Å². The van der Waals surface area contributed by atoms with E-state index < -0.39 is 0 Å². The van der Waals surface area contributed by atoms with Crippen LogP contribution >= 0.6 is 15.9 Å². The van der Waals surface area contributed by atoms with Crippen molar-refractivity contribution in [1.29, 1.82) is 0 Å². The molecule has 5 nitrogen and oxygen atoms in total. The predicted molar refractivity (Wildman–Crippen MR) is 79.4 cm³/mol. The fourth-order valence-corrected chi connectivity index (χ4v) is 1.86. The Morgan fingerprint density at radius 3 is 2.60 bits per heavy atom. The summed E-state index contributed by atoms with van der Waals surface area (Å²) in [5.74, 6) is 1.21. The minimum absolute atomic E-state index is 0.310. The molecule has 2 rings (SSSR count). The monoisotopic (exact) mass is 336 g/mol. The molecule has 0 aliphatic rings. The van der Waals surface area contributed by atoms with E-state index in [1.165, 1.54) is 7.11 Å². The Balaban J connectivity index is 2.25. The van der Waals surface area contributed by atoms with Crippen LogP contribution < -0.4 is 14.8 Å². The van der Waals surface area contributed by atoms with Gasteiger partial charge in [0, 0.05) is 10.7 Å². The van der Waals surface area contributed by atoms with Gasteiger partial charge in [0.2, 0.25) is 0 Å². The molecule has 2 aromatic rings. The highest BCUT2D eigenvalue weighted by atomic mass is 79.9. The number of hydrogen-bond acceptors (Lipinski definition) is 4. The zero-order valence-corrected chi connectivity index (χ0v) is 12.6. The van der Waals surface area contributed by atoms with Gasteiger partial charge >= 0.3 is 0 Å². The third-order valence-electron chi connectivity index (χ3n) is 2.62. The Hall–Kier alpha value is -2.08. The first-order chi connectivity index (χ1) is 9.63. The quantitative estimate of drug-likeness (QED) is 0.931. The molecule has 0 radical (unpaired) electrons. The average Bonchev–Trinajstić information content (AvgIpc) is 2.48. The highest BCUT2D eigenvalue weighted by Crippen LogP contribution is 2.24. The van der Waals surface area contributed by atoms with Gasteiger partial charge in [0.05, 0.1) is 19.8 Å². The number of nitrogens with zero attached hydrogens (tertiary/aromatic N) is 1. The third kappa shape index (κ3) is 3.27. The van der Waals surface area contributed by atoms with Crippen LogP contribution in [0.25, 0.3) is 0 Å². The molecule has 1 amide bonds.